The molecular weight excluding hydrogens is 174 g/mol. The Morgan fingerprint density at radius 3 is 2.36 bits per heavy atom. The van der Waals surface area contributed by atoms with Crippen molar-refractivity contribution in [3.8, 4) is 0 Å². The van der Waals surface area contributed by atoms with Crippen molar-refractivity contribution in [2.75, 3.05) is 6.54 Å². The summed E-state index contributed by atoms with van der Waals surface area (Å²) in [4.78, 5) is 0. The van der Waals surface area contributed by atoms with Crippen LogP contribution in [0.25, 0.3) is 0 Å². The molecule has 3 aliphatic rings. The van der Waals surface area contributed by atoms with Crippen molar-refractivity contribution in [3.05, 3.63) is 0 Å². The average molecular weight is 195 g/mol. The number of nitrogens with one attached hydrogen (secondary N) is 1. The molecule has 1 aliphatic heterocycles. The number of ether oxygens (including phenoxy) is 1. The molecule has 14 heavy (non-hydrogen) atoms. The first-order valence-electron chi connectivity index (χ1n) is 6.22. The Morgan fingerprint density at radius 1 is 1.21 bits per heavy atom. The highest BCUT2D eigenvalue weighted by Crippen LogP contribution is 2.60. The van der Waals surface area contributed by atoms with Crippen molar-refractivity contribution in [1.29, 1.82) is 0 Å². The van der Waals surface area contributed by atoms with E-state index in [0.29, 0.717) is 17.2 Å². The maximum atomic E-state index is 6.31. The van der Waals surface area contributed by atoms with E-state index >= 15 is 0 Å². The van der Waals surface area contributed by atoms with E-state index in [4.69, 9.17) is 4.74 Å². The lowest BCUT2D eigenvalue weighted by molar-refractivity contribution is -0.267. The van der Waals surface area contributed by atoms with Gasteiger partial charge in [-0.1, -0.05) is 13.3 Å². The summed E-state index contributed by atoms with van der Waals surface area (Å²) >= 11 is 0. The largest absolute Gasteiger partial charge is 0.356 e. The van der Waals surface area contributed by atoms with Crippen LogP contribution in [-0.2, 0) is 4.74 Å². The zero-order valence-corrected chi connectivity index (χ0v) is 9.14. The first kappa shape index (κ1) is 9.17. The third kappa shape index (κ3) is 0.989. The lowest BCUT2D eigenvalue weighted by Crippen LogP contribution is -2.68. The van der Waals surface area contributed by atoms with Gasteiger partial charge >= 0.3 is 0 Å². The quantitative estimate of drug-likeness (QED) is 0.694. The fraction of sp³-hybridized carbons (Fsp3) is 1.00. The van der Waals surface area contributed by atoms with Crippen LogP contribution in [0, 0.1) is 5.41 Å². The van der Waals surface area contributed by atoms with Crippen LogP contribution in [0.4, 0.5) is 0 Å². The van der Waals surface area contributed by atoms with Gasteiger partial charge in [-0.05, 0) is 38.5 Å². The molecule has 1 N–H and O–H groups in total. The fourth-order valence-electron chi connectivity index (χ4n) is 3.52. The van der Waals surface area contributed by atoms with Crippen molar-refractivity contribution in [3.63, 3.8) is 0 Å². The third-order valence-corrected chi connectivity index (χ3v) is 4.85. The van der Waals surface area contributed by atoms with E-state index in [1.165, 1.54) is 45.1 Å². The van der Waals surface area contributed by atoms with Crippen LogP contribution in [0.1, 0.15) is 51.9 Å². The van der Waals surface area contributed by atoms with E-state index in [1.807, 2.05) is 0 Å². The van der Waals surface area contributed by atoms with Crippen molar-refractivity contribution < 1.29 is 4.74 Å². The molecule has 0 amide bonds. The van der Waals surface area contributed by atoms with Crippen molar-refractivity contribution in [1.82, 2.24) is 5.32 Å². The van der Waals surface area contributed by atoms with Gasteiger partial charge in [0.25, 0.3) is 0 Å². The van der Waals surface area contributed by atoms with Gasteiger partial charge in [-0.15, -0.1) is 0 Å². The topological polar surface area (TPSA) is 21.3 Å². The van der Waals surface area contributed by atoms with E-state index in [0.717, 1.165) is 6.42 Å². The molecule has 1 atom stereocenters. The summed E-state index contributed by atoms with van der Waals surface area (Å²) in [7, 11) is 0. The first-order chi connectivity index (χ1) is 6.80. The Labute approximate surface area is 86.4 Å². The summed E-state index contributed by atoms with van der Waals surface area (Å²) in [5, 5.41) is 3.56. The third-order valence-electron chi connectivity index (χ3n) is 4.85. The Kier molecular flexibility index (Phi) is 1.94. The summed E-state index contributed by atoms with van der Waals surface area (Å²) in [6, 6.07) is 0. The van der Waals surface area contributed by atoms with E-state index in [2.05, 4.69) is 12.2 Å². The molecule has 3 fully saturated rings. The van der Waals surface area contributed by atoms with Crippen LogP contribution in [0.3, 0.4) is 0 Å². The SMILES string of the molecule is CCC1NCC2(CCC2)C2(CCC2)O1. The summed E-state index contributed by atoms with van der Waals surface area (Å²) < 4.78 is 6.31. The maximum absolute atomic E-state index is 6.31. The molecule has 80 valence electrons. The molecule has 2 heteroatoms. The minimum Gasteiger partial charge on any atom is -0.356 e. The van der Waals surface area contributed by atoms with Crippen LogP contribution < -0.4 is 5.32 Å². The van der Waals surface area contributed by atoms with E-state index in [1.54, 1.807) is 0 Å². The molecule has 1 unspecified atom stereocenters. The predicted octanol–water partition coefficient (Wildman–Crippen LogP) is 2.44. The normalized spacial score (nSPS) is 37.9. The second kappa shape index (κ2) is 2.96. The molecule has 3 rings (SSSR count). The first-order valence-corrected chi connectivity index (χ1v) is 6.22. The number of fused-ring (bicyclic) bond motifs is 1. The number of hydrogen-bond donors (Lipinski definition) is 1. The molecule has 2 saturated carbocycles. The minimum absolute atomic E-state index is 0.303. The Balaban J connectivity index is 1.80. The van der Waals surface area contributed by atoms with Crippen LogP contribution in [-0.4, -0.2) is 18.4 Å². The lowest BCUT2D eigenvalue weighted by Gasteiger charge is -2.64. The highest BCUT2D eigenvalue weighted by Gasteiger charge is 2.60. The van der Waals surface area contributed by atoms with E-state index in [-0.39, 0.29) is 0 Å². The summed E-state index contributed by atoms with van der Waals surface area (Å²) in [6.45, 7) is 3.42. The van der Waals surface area contributed by atoms with Gasteiger partial charge < -0.3 is 4.74 Å². The Bertz CT molecular complexity index is 230. The van der Waals surface area contributed by atoms with Gasteiger partial charge in [0, 0.05) is 12.0 Å². The lowest BCUT2D eigenvalue weighted by atomic mass is 9.51. The molecule has 0 aromatic heterocycles. The molecule has 1 heterocycles. The molecular formula is C12H21NO. The molecule has 0 radical (unpaired) electrons. The Morgan fingerprint density at radius 2 is 1.93 bits per heavy atom. The van der Waals surface area contributed by atoms with Crippen LogP contribution >= 0.6 is 0 Å². The molecule has 1 saturated heterocycles. The molecule has 2 nitrogen and oxygen atoms in total. The van der Waals surface area contributed by atoms with Gasteiger partial charge in [-0.3, -0.25) is 5.32 Å². The van der Waals surface area contributed by atoms with Crippen molar-refractivity contribution in [2.24, 2.45) is 5.41 Å². The molecule has 2 aliphatic carbocycles. The van der Waals surface area contributed by atoms with Crippen molar-refractivity contribution >= 4 is 0 Å². The fourth-order valence-corrected chi connectivity index (χ4v) is 3.52. The number of hydrogen-bond acceptors (Lipinski definition) is 2. The monoisotopic (exact) mass is 195 g/mol. The number of rotatable bonds is 1. The van der Waals surface area contributed by atoms with Crippen LogP contribution in [0.5, 0.6) is 0 Å². The highest BCUT2D eigenvalue weighted by molar-refractivity contribution is 5.12. The zero-order valence-electron chi connectivity index (χ0n) is 9.14. The van der Waals surface area contributed by atoms with E-state index in [9.17, 15) is 0 Å². The second-order valence-corrected chi connectivity index (χ2v) is 5.38. The van der Waals surface area contributed by atoms with Gasteiger partial charge in [0.05, 0.1) is 5.60 Å². The van der Waals surface area contributed by atoms with Gasteiger partial charge in [0.1, 0.15) is 6.23 Å². The van der Waals surface area contributed by atoms with Gasteiger partial charge in [-0.2, -0.15) is 0 Å². The summed E-state index contributed by atoms with van der Waals surface area (Å²) in [5.41, 5.74) is 0.841. The van der Waals surface area contributed by atoms with Gasteiger partial charge in [0.2, 0.25) is 0 Å². The smallest absolute Gasteiger partial charge is 0.108 e. The minimum atomic E-state index is 0.303. The van der Waals surface area contributed by atoms with E-state index < -0.39 is 0 Å². The van der Waals surface area contributed by atoms with Crippen LogP contribution in [0.2, 0.25) is 0 Å². The maximum Gasteiger partial charge on any atom is 0.108 e. The molecule has 0 aromatic rings. The second-order valence-electron chi connectivity index (χ2n) is 5.38. The molecule has 0 aromatic carbocycles. The predicted molar refractivity (Wildman–Crippen MR) is 56.0 cm³/mol. The molecule has 0 bridgehead atoms. The average Bonchev–Trinajstić information content (AvgIpc) is 2.11. The zero-order chi connectivity index (χ0) is 9.65. The standard InChI is InChI=1S/C12H21NO/c1-2-10-13-9-11(5-3-6-11)12(14-10)7-4-8-12/h10,13H,2-9H2,1H3. The Hall–Kier alpha value is -0.0800. The summed E-state index contributed by atoms with van der Waals surface area (Å²) in [6.07, 6.45) is 9.70. The highest BCUT2D eigenvalue weighted by atomic mass is 16.5. The summed E-state index contributed by atoms with van der Waals surface area (Å²) in [5.74, 6) is 0. The van der Waals surface area contributed by atoms with Gasteiger partial charge in [-0.25, -0.2) is 0 Å². The van der Waals surface area contributed by atoms with Gasteiger partial charge in [0.15, 0.2) is 0 Å². The van der Waals surface area contributed by atoms with Crippen molar-refractivity contribution in [2.45, 2.75) is 63.7 Å². The van der Waals surface area contributed by atoms with Crippen LogP contribution in [0.15, 0.2) is 0 Å². The molecule has 2 spiro atoms.